The highest BCUT2D eigenvalue weighted by Crippen LogP contribution is 2.21. The van der Waals surface area contributed by atoms with E-state index in [1.807, 2.05) is 13.8 Å². The Hall–Kier alpha value is -2.25. The van der Waals surface area contributed by atoms with Gasteiger partial charge in [0.05, 0.1) is 6.04 Å². The van der Waals surface area contributed by atoms with E-state index in [2.05, 4.69) is 57.5 Å². The molecule has 0 fully saturated rings. The molecule has 0 saturated carbocycles. The second-order valence-electron chi connectivity index (χ2n) is 15.7. The zero-order valence-electron chi connectivity index (χ0n) is 32.4. The molecule has 288 valence electrons. The molecule has 8 nitrogen and oxygen atoms in total. The van der Waals surface area contributed by atoms with Crippen molar-refractivity contribution in [2.75, 3.05) is 13.1 Å². The van der Waals surface area contributed by atoms with Crippen molar-refractivity contribution < 1.29 is 24.0 Å². The van der Waals surface area contributed by atoms with Gasteiger partial charge in [0.25, 0.3) is 0 Å². The monoisotopic (exact) mass is 694 g/mol. The van der Waals surface area contributed by atoms with E-state index in [1.54, 1.807) is 0 Å². The third-order valence-corrected chi connectivity index (χ3v) is 8.99. The predicted octanol–water partition coefficient (Wildman–Crippen LogP) is 9.13. The Morgan fingerprint density at radius 1 is 0.469 bits per heavy atom. The molecule has 0 aromatic rings. The molecule has 0 aromatic heterocycles. The fraction of sp³-hybridized carbons (Fsp3) is 0.878. The Bertz CT molecular complexity index is 900. The number of ketones is 2. The molecule has 3 N–H and O–H groups in total. The number of hydrogen-bond donors (Lipinski definition) is 3. The summed E-state index contributed by atoms with van der Waals surface area (Å²) in [5.41, 5.74) is 0. The number of amides is 3. The van der Waals surface area contributed by atoms with Gasteiger partial charge in [0.15, 0.2) is 5.78 Å². The van der Waals surface area contributed by atoms with Crippen LogP contribution < -0.4 is 16.0 Å². The minimum Gasteiger partial charge on any atom is -0.356 e. The molecule has 0 aromatic carbocycles. The van der Waals surface area contributed by atoms with E-state index >= 15 is 0 Å². The lowest BCUT2D eigenvalue weighted by Gasteiger charge is -2.22. The van der Waals surface area contributed by atoms with Crippen LogP contribution in [0.5, 0.6) is 0 Å². The van der Waals surface area contributed by atoms with Crippen molar-refractivity contribution in [3.63, 3.8) is 0 Å². The van der Waals surface area contributed by atoms with Crippen molar-refractivity contribution in [2.45, 2.75) is 191 Å². The van der Waals surface area contributed by atoms with Crippen LogP contribution in [0, 0.1) is 29.6 Å². The average Bonchev–Trinajstić information content (AvgIpc) is 3.01. The van der Waals surface area contributed by atoms with Gasteiger partial charge in [-0.15, -0.1) is 0 Å². The number of rotatable bonds is 31. The molecule has 0 bridgehead atoms. The summed E-state index contributed by atoms with van der Waals surface area (Å²) in [6.07, 6.45) is 14.6. The van der Waals surface area contributed by atoms with Crippen LogP contribution in [0.25, 0.3) is 0 Å². The number of carbonyl (C=O) groups is 5. The molecule has 0 heterocycles. The molecular formula is C41H79N3O5. The van der Waals surface area contributed by atoms with Crippen molar-refractivity contribution in [3.05, 3.63) is 0 Å². The first-order valence-corrected chi connectivity index (χ1v) is 19.6. The van der Waals surface area contributed by atoms with Crippen molar-refractivity contribution >= 4 is 29.3 Å². The highest BCUT2D eigenvalue weighted by molar-refractivity contribution is 5.93. The summed E-state index contributed by atoms with van der Waals surface area (Å²) in [5.74, 6) is 1.33. The third-order valence-electron chi connectivity index (χ3n) is 8.99. The first-order chi connectivity index (χ1) is 22.7. The number of carbonyl (C=O) groups excluding carboxylic acids is 5. The number of Topliss-reactive ketones (excluding diaryl/α,β-unsaturated/α-hetero) is 2. The Morgan fingerprint density at radius 3 is 1.27 bits per heavy atom. The summed E-state index contributed by atoms with van der Waals surface area (Å²) in [7, 11) is 0. The van der Waals surface area contributed by atoms with E-state index < -0.39 is 12.0 Å². The van der Waals surface area contributed by atoms with Gasteiger partial charge in [-0.05, 0) is 69.1 Å². The molecule has 0 aliphatic carbocycles. The Labute approximate surface area is 302 Å². The Morgan fingerprint density at radius 2 is 0.857 bits per heavy atom. The van der Waals surface area contributed by atoms with Crippen LogP contribution >= 0.6 is 0 Å². The fourth-order valence-corrected chi connectivity index (χ4v) is 5.92. The molecule has 0 aliphatic heterocycles. The summed E-state index contributed by atoms with van der Waals surface area (Å²) >= 11 is 0. The molecular weight excluding hydrogens is 614 g/mol. The molecule has 2 atom stereocenters. The van der Waals surface area contributed by atoms with Crippen LogP contribution in [0.2, 0.25) is 0 Å². The zero-order valence-corrected chi connectivity index (χ0v) is 32.4. The maximum atomic E-state index is 13.7. The van der Waals surface area contributed by atoms with Crippen molar-refractivity contribution in [1.29, 1.82) is 0 Å². The van der Waals surface area contributed by atoms with Crippen molar-refractivity contribution in [2.24, 2.45) is 29.6 Å². The highest BCUT2D eigenvalue weighted by Gasteiger charge is 2.28. The normalized spacial score (nSPS) is 12.6. The van der Waals surface area contributed by atoms with Crippen LogP contribution in [0.1, 0.15) is 185 Å². The fourth-order valence-electron chi connectivity index (χ4n) is 5.92. The van der Waals surface area contributed by atoms with Crippen LogP contribution in [-0.4, -0.2) is 48.4 Å². The minimum absolute atomic E-state index is 0. The van der Waals surface area contributed by atoms with E-state index in [0.29, 0.717) is 69.4 Å². The van der Waals surface area contributed by atoms with Gasteiger partial charge in [0.1, 0.15) is 5.78 Å². The average molecular weight is 694 g/mol. The van der Waals surface area contributed by atoms with E-state index in [1.165, 1.54) is 0 Å². The van der Waals surface area contributed by atoms with Gasteiger partial charge in [-0.3, -0.25) is 24.0 Å². The van der Waals surface area contributed by atoms with Gasteiger partial charge in [-0.2, -0.15) is 0 Å². The molecule has 49 heavy (non-hydrogen) atoms. The van der Waals surface area contributed by atoms with Gasteiger partial charge in [-0.25, -0.2) is 0 Å². The van der Waals surface area contributed by atoms with Gasteiger partial charge in [0.2, 0.25) is 17.7 Å². The van der Waals surface area contributed by atoms with E-state index in [0.717, 1.165) is 77.0 Å². The molecule has 0 aliphatic rings. The quantitative estimate of drug-likeness (QED) is 0.0626. The van der Waals surface area contributed by atoms with E-state index in [-0.39, 0.29) is 49.1 Å². The zero-order chi connectivity index (χ0) is 36.3. The maximum Gasteiger partial charge on any atom is 0.220 e. The standard InChI is InChI=1S/C40H75N3O5.CH4/c1-30(2)19-9-12-24-37(45)41-27-17-15-22-34(40(48)33(7)8)29-36(44)35(43-39(47)26-14-11-21-32(5)6)23-16-18-28-42-38(46)25-13-10-20-31(3)4;/h30-35H,9-29H2,1-8H3,(H,41,45)(H,42,46)(H,43,47);1H4. The van der Waals surface area contributed by atoms with Crippen LogP contribution in [0.3, 0.4) is 0 Å². The maximum absolute atomic E-state index is 13.7. The summed E-state index contributed by atoms with van der Waals surface area (Å²) in [6.45, 7) is 18.0. The summed E-state index contributed by atoms with van der Waals surface area (Å²) in [5, 5.41) is 8.99. The van der Waals surface area contributed by atoms with Crippen LogP contribution in [0.15, 0.2) is 0 Å². The molecule has 3 amide bonds. The van der Waals surface area contributed by atoms with E-state index in [9.17, 15) is 24.0 Å². The smallest absolute Gasteiger partial charge is 0.220 e. The lowest BCUT2D eigenvalue weighted by molar-refractivity contribution is -0.132. The topological polar surface area (TPSA) is 121 Å². The molecule has 0 rings (SSSR count). The summed E-state index contributed by atoms with van der Waals surface area (Å²) in [4.78, 5) is 64.1. The molecule has 2 unspecified atom stereocenters. The second kappa shape index (κ2) is 30.6. The first kappa shape index (κ1) is 48.9. The second-order valence-corrected chi connectivity index (χ2v) is 15.7. The third kappa shape index (κ3) is 29.2. The predicted molar refractivity (Wildman–Crippen MR) is 205 cm³/mol. The molecule has 0 radical (unpaired) electrons. The largest absolute Gasteiger partial charge is 0.356 e. The highest BCUT2D eigenvalue weighted by atomic mass is 16.2. The van der Waals surface area contributed by atoms with E-state index in [4.69, 9.17) is 0 Å². The van der Waals surface area contributed by atoms with Crippen LogP contribution in [0.4, 0.5) is 0 Å². The minimum atomic E-state index is -0.633. The Balaban J connectivity index is 0. The molecule has 8 heteroatoms. The Kier molecular flexibility index (Phi) is 30.5. The lowest BCUT2D eigenvalue weighted by atomic mass is 9.85. The number of unbranched alkanes of at least 4 members (excludes halogenated alkanes) is 5. The van der Waals surface area contributed by atoms with Crippen molar-refractivity contribution in [1.82, 2.24) is 16.0 Å². The molecule has 0 spiro atoms. The van der Waals surface area contributed by atoms with Gasteiger partial charge in [0, 0.05) is 50.6 Å². The van der Waals surface area contributed by atoms with Gasteiger partial charge >= 0.3 is 0 Å². The summed E-state index contributed by atoms with van der Waals surface area (Å²) < 4.78 is 0. The number of nitrogens with one attached hydrogen (secondary N) is 3. The van der Waals surface area contributed by atoms with Gasteiger partial charge < -0.3 is 16.0 Å². The molecule has 0 saturated heterocycles. The van der Waals surface area contributed by atoms with Crippen molar-refractivity contribution in [3.8, 4) is 0 Å². The SMILES string of the molecule is C.CC(C)CCCCC(=O)NCCCCC(CC(=O)C(CCCCNC(=O)CCCCC(C)C)NC(=O)CCCCC(C)C)C(=O)C(C)C. The lowest BCUT2D eigenvalue weighted by Crippen LogP contribution is -2.42. The summed E-state index contributed by atoms with van der Waals surface area (Å²) in [6, 6.07) is -0.633. The van der Waals surface area contributed by atoms with Crippen LogP contribution in [-0.2, 0) is 24.0 Å². The number of hydrogen-bond acceptors (Lipinski definition) is 5. The first-order valence-electron chi connectivity index (χ1n) is 19.6. The van der Waals surface area contributed by atoms with Gasteiger partial charge in [-0.1, -0.05) is 108 Å².